The zero-order valence-corrected chi connectivity index (χ0v) is 9.51. The molecule has 0 aliphatic rings. The highest BCUT2D eigenvalue weighted by Gasteiger charge is 2.08. The van der Waals surface area contributed by atoms with Crippen molar-refractivity contribution in [3.8, 4) is 0 Å². The number of hydrogen-bond acceptors (Lipinski definition) is 0. The van der Waals surface area contributed by atoms with E-state index in [1.54, 1.807) is 4.90 Å². The van der Waals surface area contributed by atoms with Crippen LogP contribution in [0.15, 0.2) is 30.5 Å². The minimum atomic E-state index is 1.12. The summed E-state index contributed by atoms with van der Waals surface area (Å²) in [6, 6.07) is 8.52. The van der Waals surface area contributed by atoms with Gasteiger partial charge in [-0.2, -0.15) is 0 Å². The van der Waals surface area contributed by atoms with E-state index in [1.807, 2.05) is 0 Å². The fourth-order valence-corrected chi connectivity index (χ4v) is 2.05. The van der Waals surface area contributed by atoms with Gasteiger partial charge < -0.3 is 9.88 Å². The number of fused-ring (bicyclic) bond motifs is 1. The molecule has 15 heavy (non-hydrogen) atoms. The van der Waals surface area contributed by atoms with Crippen LogP contribution in [0.4, 0.5) is 0 Å². The van der Waals surface area contributed by atoms with Crippen LogP contribution < -0.4 is 4.90 Å². The molecular weight excluding hydrogens is 184 g/mol. The van der Waals surface area contributed by atoms with Crippen LogP contribution in [0.5, 0.6) is 0 Å². The Kier molecular flexibility index (Phi) is 3.07. The largest absolute Gasteiger partial charge is 0.361 e. The summed E-state index contributed by atoms with van der Waals surface area (Å²) >= 11 is 0. The normalized spacial score (nSPS) is 11.4. The lowest BCUT2D eigenvalue weighted by Gasteiger charge is -2.14. The lowest BCUT2D eigenvalue weighted by molar-refractivity contribution is -0.910. The van der Waals surface area contributed by atoms with Gasteiger partial charge in [-0.25, -0.2) is 0 Å². The SMILES string of the molecule is CC[NH+](CC)Cc1c[nH]c2ccccc12. The Morgan fingerprint density at radius 1 is 1.13 bits per heavy atom. The van der Waals surface area contributed by atoms with Crippen molar-refractivity contribution in [1.82, 2.24) is 4.98 Å². The molecule has 2 heteroatoms. The second-order valence-corrected chi connectivity index (χ2v) is 3.99. The topological polar surface area (TPSA) is 20.2 Å². The summed E-state index contributed by atoms with van der Waals surface area (Å²) < 4.78 is 0. The minimum absolute atomic E-state index is 1.12. The van der Waals surface area contributed by atoms with Crippen LogP contribution in [-0.4, -0.2) is 18.1 Å². The second-order valence-electron chi connectivity index (χ2n) is 3.99. The van der Waals surface area contributed by atoms with E-state index in [2.05, 4.69) is 49.3 Å². The van der Waals surface area contributed by atoms with Crippen LogP contribution >= 0.6 is 0 Å². The van der Waals surface area contributed by atoms with Crippen molar-refractivity contribution in [2.45, 2.75) is 20.4 Å². The standard InChI is InChI=1S/C13H18N2/c1-3-15(4-2)10-11-9-14-13-8-6-5-7-12(11)13/h5-9,14H,3-4,10H2,1-2H3/p+1. The van der Waals surface area contributed by atoms with E-state index in [-0.39, 0.29) is 0 Å². The molecule has 80 valence electrons. The van der Waals surface area contributed by atoms with Crippen LogP contribution in [0.2, 0.25) is 0 Å². The Bertz CT molecular complexity index is 427. The van der Waals surface area contributed by atoms with Crippen LogP contribution in [0.1, 0.15) is 19.4 Å². The molecule has 2 N–H and O–H groups in total. The van der Waals surface area contributed by atoms with Crippen LogP contribution in [-0.2, 0) is 6.54 Å². The average molecular weight is 203 g/mol. The van der Waals surface area contributed by atoms with Crippen molar-refractivity contribution in [3.05, 3.63) is 36.0 Å². The molecule has 2 rings (SSSR count). The molecule has 2 aromatic rings. The van der Waals surface area contributed by atoms with Crippen molar-refractivity contribution < 1.29 is 4.90 Å². The molecule has 0 aliphatic carbocycles. The van der Waals surface area contributed by atoms with E-state index < -0.39 is 0 Å². The first-order valence-electron chi connectivity index (χ1n) is 5.73. The number of nitrogens with one attached hydrogen (secondary N) is 2. The fourth-order valence-electron chi connectivity index (χ4n) is 2.05. The van der Waals surface area contributed by atoms with E-state index in [9.17, 15) is 0 Å². The Morgan fingerprint density at radius 2 is 1.87 bits per heavy atom. The predicted octanol–water partition coefficient (Wildman–Crippen LogP) is 1.59. The van der Waals surface area contributed by atoms with Crippen molar-refractivity contribution in [1.29, 1.82) is 0 Å². The first-order chi connectivity index (χ1) is 7.35. The van der Waals surface area contributed by atoms with Crippen molar-refractivity contribution in [2.24, 2.45) is 0 Å². The summed E-state index contributed by atoms with van der Waals surface area (Å²) in [6.07, 6.45) is 2.15. The van der Waals surface area contributed by atoms with Crippen molar-refractivity contribution in [2.75, 3.05) is 13.1 Å². The van der Waals surface area contributed by atoms with Crippen molar-refractivity contribution >= 4 is 10.9 Å². The van der Waals surface area contributed by atoms with Crippen LogP contribution in [0.3, 0.4) is 0 Å². The third kappa shape index (κ3) is 2.05. The Balaban J connectivity index is 2.28. The van der Waals surface area contributed by atoms with Gasteiger partial charge in [0.2, 0.25) is 0 Å². The van der Waals surface area contributed by atoms with Gasteiger partial charge in [0.05, 0.1) is 13.1 Å². The summed E-state index contributed by atoms with van der Waals surface area (Å²) in [4.78, 5) is 4.95. The van der Waals surface area contributed by atoms with Gasteiger partial charge in [0, 0.05) is 22.7 Å². The maximum absolute atomic E-state index is 3.33. The molecule has 0 bridgehead atoms. The van der Waals surface area contributed by atoms with E-state index >= 15 is 0 Å². The van der Waals surface area contributed by atoms with Gasteiger partial charge in [0.25, 0.3) is 0 Å². The zero-order chi connectivity index (χ0) is 10.7. The predicted molar refractivity (Wildman–Crippen MR) is 64.0 cm³/mol. The number of aromatic amines is 1. The molecule has 0 spiro atoms. The quantitative estimate of drug-likeness (QED) is 0.753. The van der Waals surface area contributed by atoms with Gasteiger partial charge in [-0.15, -0.1) is 0 Å². The molecule has 0 unspecified atom stereocenters. The third-order valence-electron chi connectivity index (χ3n) is 3.12. The Hall–Kier alpha value is -1.28. The number of aromatic nitrogens is 1. The van der Waals surface area contributed by atoms with E-state index in [0.717, 1.165) is 6.54 Å². The lowest BCUT2D eigenvalue weighted by atomic mass is 10.1. The molecule has 0 radical (unpaired) electrons. The summed E-state index contributed by atoms with van der Waals surface area (Å²) in [5, 5.41) is 1.37. The van der Waals surface area contributed by atoms with E-state index in [4.69, 9.17) is 0 Å². The molecule has 1 heterocycles. The summed E-state index contributed by atoms with van der Waals surface area (Å²) in [5.41, 5.74) is 2.68. The van der Waals surface area contributed by atoms with Gasteiger partial charge in [0.15, 0.2) is 0 Å². The molecule has 1 aromatic carbocycles. The Morgan fingerprint density at radius 3 is 2.60 bits per heavy atom. The molecule has 0 aliphatic heterocycles. The lowest BCUT2D eigenvalue weighted by Crippen LogP contribution is -3.10. The smallest absolute Gasteiger partial charge is 0.105 e. The summed E-state index contributed by atoms with van der Waals surface area (Å²) in [7, 11) is 0. The Labute approximate surface area is 90.9 Å². The first-order valence-corrected chi connectivity index (χ1v) is 5.73. The zero-order valence-electron chi connectivity index (χ0n) is 9.51. The van der Waals surface area contributed by atoms with Crippen LogP contribution in [0, 0.1) is 0 Å². The number of quaternary nitrogens is 1. The monoisotopic (exact) mass is 203 g/mol. The average Bonchev–Trinajstić information content (AvgIpc) is 2.69. The number of benzene rings is 1. The minimum Gasteiger partial charge on any atom is -0.361 e. The number of para-hydroxylation sites is 1. The molecule has 0 fully saturated rings. The number of hydrogen-bond donors (Lipinski definition) is 2. The second kappa shape index (κ2) is 4.49. The van der Waals surface area contributed by atoms with Gasteiger partial charge in [0.1, 0.15) is 6.54 Å². The van der Waals surface area contributed by atoms with Gasteiger partial charge in [-0.05, 0) is 19.9 Å². The van der Waals surface area contributed by atoms with Gasteiger partial charge >= 0.3 is 0 Å². The van der Waals surface area contributed by atoms with Gasteiger partial charge in [-0.3, -0.25) is 0 Å². The molecule has 1 aromatic heterocycles. The highest BCUT2D eigenvalue weighted by atomic mass is 15.1. The highest BCUT2D eigenvalue weighted by molar-refractivity contribution is 5.82. The molecular formula is C13H19N2+. The third-order valence-corrected chi connectivity index (χ3v) is 3.12. The van der Waals surface area contributed by atoms with E-state index in [1.165, 1.54) is 29.6 Å². The molecule has 0 saturated carbocycles. The first kappa shape index (κ1) is 10.2. The molecule has 0 amide bonds. The maximum Gasteiger partial charge on any atom is 0.105 e. The summed E-state index contributed by atoms with van der Waals surface area (Å²) in [5.74, 6) is 0. The van der Waals surface area contributed by atoms with Crippen molar-refractivity contribution in [3.63, 3.8) is 0 Å². The summed E-state index contributed by atoms with van der Waals surface area (Å²) in [6.45, 7) is 7.99. The van der Waals surface area contributed by atoms with E-state index in [0.29, 0.717) is 0 Å². The molecule has 0 atom stereocenters. The van der Waals surface area contributed by atoms with Crippen LogP contribution in [0.25, 0.3) is 10.9 Å². The van der Waals surface area contributed by atoms with Gasteiger partial charge in [-0.1, -0.05) is 18.2 Å². The fraction of sp³-hybridized carbons (Fsp3) is 0.385. The molecule has 0 saturated heterocycles. The molecule has 2 nitrogen and oxygen atoms in total. The number of rotatable bonds is 4. The number of H-pyrrole nitrogens is 1. The highest BCUT2D eigenvalue weighted by Crippen LogP contribution is 2.16. The maximum atomic E-state index is 3.33.